The summed E-state index contributed by atoms with van der Waals surface area (Å²) in [6.45, 7) is 7.07. The third-order valence-corrected chi connectivity index (χ3v) is 3.48. The lowest BCUT2D eigenvalue weighted by Crippen LogP contribution is -2.27. The van der Waals surface area contributed by atoms with E-state index >= 15 is 0 Å². The van der Waals surface area contributed by atoms with E-state index in [1.54, 1.807) is 18.2 Å². The first-order chi connectivity index (χ1) is 10.1. The predicted octanol–water partition coefficient (Wildman–Crippen LogP) is 3.71. The zero-order chi connectivity index (χ0) is 15.7. The third-order valence-electron chi connectivity index (χ3n) is 3.48. The first kappa shape index (κ1) is 17.1. The van der Waals surface area contributed by atoms with Crippen LogP contribution in [0.1, 0.15) is 44.6 Å². The van der Waals surface area contributed by atoms with Gasteiger partial charge in [0.1, 0.15) is 0 Å². The van der Waals surface area contributed by atoms with E-state index in [0.29, 0.717) is 12.0 Å². The van der Waals surface area contributed by atoms with Crippen molar-refractivity contribution in [3.8, 4) is 6.07 Å². The highest BCUT2D eigenvalue weighted by molar-refractivity contribution is 5.44. The Labute approximate surface area is 126 Å². The Morgan fingerprint density at radius 3 is 2.38 bits per heavy atom. The van der Waals surface area contributed by atoms with Crippen molar-refractivity contribution in [2.75, 3.05) is 19.6 Å². The van der Waals surface area contributed by atoms with Crippen molar-refractivity contribution in [1.82, 2.24) is 4.90 Å². The van der Waals surface area contributed by atoms with Gasteiger partial charge in [-0.3, -0.25) is 10.1 Å². The standard InChI is InChI=1S/C16H23N3O2/c1-3-10-18(11-4-2)12-9-14(13-17)15-7-5-6-8-16(15)19(20)21/h5-8,14H,3-4,9-12H2,1-2H3. The lowest BCUT2D eigenvalue weighted by atomic mass is 9.95. The van der Waals surface area contributed by atoms with Crippen LogP contribution in [0.4, 0.5) is 5.69 Å². The Balaban J connectivity index is 2.80. The van der Waals surface area contributed by atoms with Crippen molar-refractivity contribution >= 4 is 5.69 Å². The molecular weight excluding hydrogens is 266 g/mol. The molecule has 0 aliphatic heterocycles. The van der Waals surface area contributed by atoms with Gasteiger partial charge >= 0.3 is 0 Å². The first-order valence-corrected chi connectivity index (χ1v) is 7.49. The molecule has 1 unspecified atom stereocenters. The summed E-state index contributed by atoms with van der Waals surface area (Å²) in [6.07, 6.45) is 2.77. The highest BCUT2D eigenvalue weighted by atomic mass is 16.6. The Hall–Kier alpha value is -1.93. The number of nitrogens with zero attached hydrogens (tertiary/aromatic N) is 3. The molecule has 21 heavy (non-hydrogen) atoms. The summed E-state index contributed by atoms with van der Waals surface area (Å²) in [7, 11) is 0. The normalized spacial score (nSPS) is 12.1. The van der Waals surface area contributed by atoms with Crippen LogP contribution in [0.25, 0.3) is 0 Å². The van der Waals surface area contributed by atoms with Crippen molar-refractivity contribution in [2.24, 2.45) is 0 Å². The molecule has 5 nitrogen and oxygen atoms in total. The van der Waals surface area contributed by atoms with Crippen LogP contribution in [0, 0.1) is 21.4 Å². The highest BCUT2D eigenvalue weighted by Crippen LogP contribution is 2.28. The van der Waals surface area contributed by atoms with Crippen molar-refractivity contribution in [2.45, 2.75) is 39.0 Å². The first-order valence-electron chi connectivity index (χ1n) is 7.49. The monoisotopic (exact) mass is 289 g/mol. The van der Waals surface area contributed by atoms with E-state index in [-0.39, 0.29) is 5.69 Å². The fourth-order valence-corrected chi connectivity index (χ4v) is 2.52. The number of nitro benzene ring substituents is 1. The smallest absolute Gasteiger partial charge is 0.273 e. The number of benzene rings is 1. The van der Waals surface area contributed by atoms with Gasteiger partial charge in [0.2, 0.25) is 0 Å². The number of nitro groups is 1. The maximum atomic E-state index is 11.1. The summed E-state index contributed by atoms with van der Waals surface area (Å²) in [4.78, 5) is 13.0. The molecule has 0 amide bonds. The lowest BCUT2D eigenvalue weighted by Gasteiger charge is -2.22. The summed E-state index contributed by atoms with van der Waals surface area (Å²) in [5.74, 6) is -0.428. The van der Waals surface area contributed by atoms with Crippen molar-refractivity contribution in [1.29, 1.82) is 5.26 Å². The second-order valence-electron chi connectivity index (χ2n) is 5.13. The minimum absolute atomic E-state index is 0.0431. The van der Waals surface area contributed by atoms with Crippen LogP contribution < -0.4 is 0 Å². The van der Waals surface area contributed by atoms with Crippen LogP contribution in [0.2, 0.25) is 0 Å². The van der Waals surface area contributed by atoms with Gasteiger partial charge in [0.15, 0.2) is 0 Å². The van der Waals surface area contributed by atoms with Crippen LogP contribution in [0.15, 0.2) is 24.3 Å². The van der Waals surface area contributed by atoms with Crippen LogP contribution in [0.3, 0.4) is 0 Å². The zero-order valence-electron chi connectivity index (χ0n) is 12.8. The Morgan fingerprint density at radius 2 is 1.86 bits per heavy atom. The summed E-state index contributed by atoms with van der Waals surface area (Å²) in [6, 6.07) is 8.77. The van der Waals surface area contributed by atoms with Crippen LogP contribution in [0.5, 0.6) is 0 Å². The number of nitriles is 1. The van der Waals surface area contributed by atoms with Gasteiger partial charge in [0.05, 0.1) is 16.9 Å². The number of hydrogen-bond acceptors (Lipinski definition) is 4. The molecule has 0 saturated carbocycles. The average molecular weight is 289 g/mol. The number of hydrogen-bond donors (Lipinski definition) is 0. The molecule has 0 heterocycles. The molecule has 114 valence electrons. The Morgan fingerprint density at radius 1 is 1.24 bits per heavy atom. The van der Waals surface area contributed by atoms with Crippen LogP contribution in [-0.2, 0) is 0 Å². The predicted molar refractivity (Wildman–Crippen MR) is 83.1 cm³/mol. The van der Waals surface area contributed by atoms with Gasteiger partial charge in [0, 0.05) is 11.6 Å². The molecule has 0 N–H and O–H groups in total. The van der Waals surface area contributed by atoms with Crippen LogP contribution in [-0.4, -0.2) is 29.5 Å². The van der Waals surface area contributed by atoms with Gasteiger partial charge in [-0.2, -0.15) is 5.26 Å². The van der Waals surface area contributed by atoms with E-state index in [1.165, 1.54) is 6.07 Å². The van der Waals surface area contributed by atoms with Gasteiger partial charge in [-0.1, -0.05) is 32.0 Å². The summed E-state index contributed by atoms with van der Waals surface area (Å²) in [5, 5.41) is 20.4. The van der Waals surface area contributed by atoms with Gasteiger partial charge in [-0.05, 0) is 38.9 Å². The zero-order valence-corrected chi connectivity index (χ0v) is 12.8. The van der Waals surface area contributed by atoms with Crippen LogP contribution >= 0.6 is 0 Å². The molecule has 0 aliphatic carbocycles. The molecule has 1 aromatic rings. The van der Waals surface area contributed by atoms with E-state index in [2.05, 4.69) is 24.8 Å². The molecule has 0 spiro atoms. The van der Waals surface area contributed by atoms with E-state index < -0.39 is 10.8 Å². The minimum Gasteiger partial charge on any atom is -0.303 e. The fourth-order valence-electron chi connectivity index (χ4n) is 2.52. The topological polar surface area (TPSA) is 70.2 Å². The molecule has 0 aromatic heterocycles. The van der Waals surface area contributed by atoms with Gasteiger partial charge in [-0.25, -0.2) is 0 Å². The average Bonchev–Trinajstić information content (AvgIpc) is 2.48. The molecule has 1 atom stereocenters. The molecule has 1 aromatic carbocycles. The Kier molecular flexibility index (Phi) is 7.41. The maximum Gasteiger partial charge on any atom is 0.273 e. The van der Waals surface area contributed by atoms with E-state index in [0.717, 1.165) is 32.5 Å². The van der Waals surface area contributed by atoms with E-state index in [1.807, 2.05) is 0 Å². The molecule has 0 saturated heterocycles. The molecule has 0 aliphatic rings. The second kappa shape index (κ2) is 9.09. The minimum atomic E-state index is -0.428. The molecule has 5 heteroatoms. The maximum absolute atomic E-state index is 11.1. The molecule has 0 radical (unpaired) electrons. The number of rotatable bonds is 9. The van der Waals surface area contributed by atoms with E-state index in [4.69, 9.17) is 0 Å². The Bertz CT molecular complexity index is 491. The van der Waals surface area contributed by atoms with Crippen molar-refractivity contribution < 1.29 is 4.92 Å². The second-order valence-corrected chi connectivity index (χ2v) is 5.13. The molecule has 1 rings (SSSR count). The molecule has 0 bridgehead atoms. The number of para-hydroxylation sites is 1. The van der Waals surface area contributed by atoms with Crippen molar-refractivity contribution in [3.05, 3.63) is 39.9 Å². The quantitative estimate of drug-likeness (QED) is 0.513. The highest BCUT2D eigenvalue weighted by Gasteiger charge is 2.21. The third kappa shape index (κ3) is 5.16. The SMILES string of the molecule is CCCN(CCC)CCC(C#N)c1ccccc1[N+](=O)[O-]. The molecule has 0 fully saturated rings. The fraction of sp³-hybridized carbons (Fsp3) is 0.562. The summed E-state index contributed by atoms with van der Waals surface area (Å²) < 4.78 is 0. The summed E-state index contributed by atoms with van der Waals surface area (Å²) in [5.41, 5.74) is 0.569. The van der Waals surface area contributed by atoms with Gasteiger partial charge in [-0.15, -0.1) is 0 Å². The molecular formula is C16H23N3O2. The lowest BCUT2D eigenvalue weighted by molar-refractivity contribution is -0.385. The largest absolute Gasteiger partial charge is 0.303 e. The summed E-state index contributed by atoms with van der Waals surface area (Å²) >= 11 is 0. The van der Waals surface area contributed by atoms with Crippen molar-refractivity contribution in [3.63, 3.8) is 0 Å². The van der Waals surface area contributed by atoms with Gasteiger partial charge in [0.25, 0.3) is 5.69 Å². The van der Waals surface area contributed by atoms with E-state index in [9.17, 15) is 15.4 Å². The van der Waals surface area contributed by atoms with Gasteiger partial charge < -0.3 is 4.90 Å².